The Bertz CT molecular complexity index is 374. The third kappa shape index (κ3) is 5.00. The van der Waals surface area contributed by atoms with Crippen LogP contribution in [0.3, 0.4) is 0 Å². The molecule has 0 aliphatic rings. The van der Waals surface area contributed by atoms with Gasteiger partial charge in [-0.15, -0.1) is 0 Å². The van der Waals surface area contributed by atoms with E-state index in [1.54, 1.807) is 7.11 Å². The van der Waals surface area contributed by atoms with Crippen molar-refractivity contribution in [1.29, 1.82) is 0 Å². The highest BCUT2D eigenvalue weighted by atomic mass is 16.5. The van der Waals surface area contributed by atoms with Crippen LogP contribution in [0, 0.1) is 13.8 Å². The molecule has 1 aromatic rings. The van der Waals surface area contributed by atoms with Crippen molar-refractivity contribution in [3.05, 3.63) is 34.9 Å². The normalized spacial score (nSPS) is 10.3. The molecule has 17 heavy (non-hydrogen) atoms. The highest BCUT2D eigenvalue weighted by molar-refractivity contribution is 5.76. The number of hydrogen-bond acceptors (Lipinski definition) is 2. The Morgan fingerprint density at radius 2 is 2.06 bits per heavy atom. The predicted molar refractivity (Wildman–Crippen MR) is 69.1 cm³/mol. The first kappa shape index (κ1) is 13.7. The van der Waals surface area contributed by atoms with E-state index in [9.17, 15) is 4.79 Å². The van der Waals surface area contributed by atoms with Gasteiger partial charge in [0.05, 0.1) is 6.61 Å². The molecule has 0 spiro atoms. The van der Waals surface area contributed by atoms with E-state index in [0.29, 0.717) is 19.6 Å². The van der Waals surface area contributed by atoms with Crippen LogP contribution >= 0.6 is 0 Å². The van der Waals surface area contributed by atoms with Crippen molar-refractivity contribution in [2.24, 2.45) is 0 Å². The molecule has 1 rings (SSSR count). The lowest BCUT2D eigenvalue weighted by Crippen LogP contribution is -2.27. The Morgan fingerprint density at radius 3 is 2.71 bits per heavy atom. The van der Waals surface area contributed by atoms with E-state index in [1.807, 2.05) is 0 Å². The first-order chi connectivity index (χ1) is 8.13. The maximum absolute atomic E-state index is 11.5. The fraction of sp³-hybridized carbons (Fsp3) is 0.500. The van der Waals surface area contributed by atoms with Gasteiger partial charge in [-0.05, 0) is 37.0 Å². The molecular weight excluding hydrogens is 214 g/mol. The molecule has 0 radical (unpaired) electrons. The summed E-state index contributed by atoms with van der Waals surface area (Å²) in [5, 5.41) is 2.82. The van der Waals surface area contributed by atoms with Crippen LogP contribution in [0.15, 0.2) is 18.2 Å². The summed E-state index contributed by atoms with van der Waals surface area (Å²) in [6, 6.07) is 6.34. The van der Waals surface area contributed by atoms with Gasteiger partial charge in [0, 0.05) is 20.1 Å². The molecule has 1 aromatic carbocycles. The van der Waals surface area contributed by atoms with Crippen LogP contribution in [0.4, 0.5) is 0 Å². The fourth-order valence-electron chi connectivity index (χ4n) is 1.60. The molecule has 0 aliphatic carbocycles. The van der Waals surface area contributed by atoms with Crippen molar-refractivity contribution in [3.63, 3.8) is 0 Å². The third-order valence-electron chi connectivity index (χ3n) is 2.84. The van der Waals surface area contributed by atoms with E-state index in [2.05, 4.69) is 37.4 Å². The van der Waals surface area contributed by atoms with Crippen molar-refractivity contribution >= 4 is 5.91 Å². The van der Waals surface area contributed by atoms with Crippen molar-refractivity contribution in [2.45, 2.75) is 26.7 Å². The van der Waals surface area contributed by atoms with Crippen LogP contribution in [0.1, 0.15) is 23.1 Å². The summed E-state index contributed by atoms with van der Waals surface area (Å²) in [6.07, 6.45) is 1.33. The smallest absolute Gasteiger partial charge is 0.220 e. The number of ether oxygens (including phenoxy) is 1. The van der Waals surface area contributed by atoms with Crippen LogP contribution in [-0.4, -0.2) is 26.2 Å². The lowest BCUT2D eigenvalue weighted by molar-refractivity contribution is -0.121. The lowest BCUT2D eigenvalue weighted by atomic mass is 10.0. The molecule has 0 fully saturated rings. The van der Waals surface area contributed by atoms with Crippen molar-refractivity contribution in [3.8, 4) is 0 Å². The number of nitrogens with one attached hydrogen (secondary N) is 1. The summed E-state index contributed by atoms with van der Waals surface area (Å²) in [7, 11) is 1.63. The second kappa shape index (κ2) is 7.07. The summed E-state index contributed by atoms with van der Waals surface area (Å²) < 4.78 is 4.87. The molecule has 0 atom stereocenters. The Kier molecular flexibility index (Phi) is 5.70. The Hall–Kier alpha value is -1.35. The number of carbonyl (C=O) groups excluding carboxylic acids is 1. The van der Waals surface area contributed by atoms with Gasteiger partial charge in [0.25, 0.3) is 0 Å². The first-order valence-electron chi connectivity index (χ1n) is 5.95. The second-order valence-corrected chi connectivity index (χ2v) is 4.26. The summed E-state index contributed by atoms with van der Waals surface area (Å²) in [5.74, 6) is 0.0836. The molecule has 0 bridgehead atoms. The van der Waals surface area contributed by atoms with E-state index in [1.165, 1.54) is 16.7 Å². The Balaban J connectivity index is 2.34. The molecule has 94 valence electrons. The molecule has 1 amide bonds. The number of carbonyl (C=O) groups is 1. The minimum atomic E-state index is 0.0836. The Morgan fingerprint density at radius 1 is 1.29 bits per heavy atom. The molecule has 3 nitrogen and oxygen atoms in total. The number of methoxy groups -OCH3 is 1. The number of rotatable bonds is 6. The van der Waals surface area contributed by atoms with E-state index >= 15 is 0 Å². The van der Waals surface area contributed by atoms with Crippen LogP contribution < -0.4 is 5.32 Å². The van der Waals surface area contributed by atoms with E-state index in [4.69, 9.17) is 4.74 Å². The van der Waals surface area contributed by atoms with Crippen molar-refractivity contribution in [1.82, 2.24) is 5.32 Å². The summed E-state index contributed by atoms with van der Waals surface area (Å²) >= 11 is 0. The minimum absolute atomic E-state index is 0.0836. The summed E-state index contributed by atoms with van der Waals surface area (Å²) in [6.45, 7) is 5.34. The predicted octanol–water partition coefficient (Wildman–Crippen LogP) is 2.00. The minimum Gasteiger partial charge on any atom is -0.383 e. The van der Waals surface area contributed by atoms with Crippen molar-refractivity contribution in [2.75, 3.05) is 20.3 Å². The fourth-order valence-corrected chi connectivity index (χ4v) is 1.60. The number of amides is 1. The van der Waals surface area contributed by atoms with Gasteiger partial charge in [-0.2, -0.15) is 0 Å². The van der Waals surface area contributed by atoms with Crippen LogP contribution in [0.5, 0.6) is 0 Å². The van der Waals surface area contributed by atoms with Gasteiger partial charge in [-0.3, -0.25) is 4.79 Å². The number of hydrogen-bond donors (Lipinski definition) is 1. The van der Waals surface area contributed by atoms with Crippen LogP contribution in [0.25, 0.3) is 0 Å². The topological polar surface area (TPSA) is 38.3 Å². The summed E-state index contributed by atoms with van der Waals surface area (Å²) in [4.78, 5) is 11.5. The number of aryl methyl sites for hydroxylation is 3. The molecule has 0 unspecified atom stereocenters. The highest BCUT2D eigenvalue weighted by Crippen LogP contribution is 2.11. The van der Waals surface area contributed by atoms with Gasteiger partial charge < -0.3 is 10.1 Å². The zero-order valence-electron chi connectivity index (χ0n) is 10.9. The molecule has 0 saturated carbocycles. The molecule has 0 heterocycles. The zero-order chi connectivity index (χ0) is 12.7. The maximum atomic E-state index is 11.5. The SMILES string of the molecule is COCCNC(=O)CCc1ccc(C)c(C)c1. The third-order valence-corrected chi connectivity index (χ3v) is 2.84. The molecule has 0 aromatic heterocycles. The number of benzene rings is 1. The molecule has 0 aliphatic heterocycles. The second-order valence-electron chi connectivity index (χ2n) is 4.26. The lowest BCUT2D eigenvalue weighted by Gasteiger charge is -2.06. The molecule has 0 saturated heterocycles. The van der Waals surface area contributed by atoms with Gasteiger partial charge >= 0.3 is 0 Å². The molecular formula is C14H21NO2. The quantitative estimate of drug-likeness (QED) is 0.766. The monoisotopic (exact) mass is 235 g/mol. The molecule has 3 heteroatoms. The maximum Gasteiger partial charge on any atom is 0.220 e. The largest absolute Gasteiger partial charge is 0.383 e. The average Bonchev–Trinajstić information content (AvgIpc) is 2.31. The van der Waals surface area contributed by atoms with Crippen LogP contribution in [-0.2, 0) is 16.0 Å². The Labute approximate surface area is 103 Å². The first-order valence-corrected chi connectivity index (χ1v) is 5.95. The van der Waals surface area contributed by atoms with E-state index < -0.39 is 0 Å². The van der Waals surface area contributed by atoms with Gasteiger partial charge in [0.15, 0.2) is 0 Å². The summed E-state index contributed by atoms with van der Waals surface area (Å²) in [5.41, 5.74) is 3.79. The zero-order valence-corrected chi connectivity index (χ0v) is 10.9. The van der Waals surface area contributed by atoms with E-state index in [-0.39, 0.29) is 5.91 Å². The average molecular weight is 235 g/mol. The van der Waals surface area contributed by atoms with Gasteiger partial charge in [-0.25, -0.2) is 0 Å². The van der Waals surface area contributed by atoms with Gasteiger partial charge in [0.1, 0.15) is 0 Å². The highest BCUT2D eigenvalue weighted by Gasteiger charge is 2.02. The molecule has 1 N–H and O–H groups in total. The standard InChI is InChI=1S/C14H21NO2/c1-11-4-5-13(10-12(11)2)6-7-14(16)15-8-9-17-3/h4-5,10H,6-9H2,1-3H3,(H,15,16). The van der Waals surface area contributed by atoms with Gasteiger partial charge in [-0.1, -0.05) is 18.2 Å². The van der Waals surface area contributed by atoms with Crippen LogP contribution in [0.2, 0.25) is 0 Å². The van der Waals surface area contributed by atoms with E-state index in [0.717, 1.165) is 6.42 Å². The van der Waals surface area contributed by atoms with Gasteiger partial charge in [0.2, 0.25) is 5.91 Å². The van der Waals surface area contributed by atoms with Crippen molar-refractivity contribution < 1.29 is 9.53 Å².